The second-order valence-corrected chi connectivity index (χ2v) is 5.13. The van der Waals surface area contributed by atoms with Crippen molar-refractivity contribution in [2.45, 2.75) is 19.5 Å². The Morgan fingerprint density at radius 3 is 2.80 bits per heavy atom. The van der Waals surface area contributed by atoms with E-state index >= 15 is 0 Å². The summed E-state index contributed by atoms with van der Waals surface area (Å²) in [4.78, 5) is 16.2. The smallest absolute Gasteiger partial charge is 0.318 e. The van der Waals surface area contributed by atoms with Crippen LogP contribution in [0.1, 0.15) is 12.5 Å². The zero-order valence-electron chi connectivity index (χ0n) is 11.9. The van der Waals surface area contributed by atoms with E-state index in [2.05, 4.69) is 47.3 Å². The summed E-state index contributed by atoms with van der Waals surface area (Å²) >= 11 is 0. The normalized spacial score (nSPS) is 19.4. The Bertz CT molecular complexity index is 480. The number of benzene rings is 1. The summed E-state index contributed by atoms with van der Waals surface area (Å²) in [6.07, 6.45) is 5.16. The van der Waals surface area contributed by atoms with E-state index < -0.39 is 0 Å². The van der Waals surface area contributed by atoms with Gasteiger partial charge < -0.3 is 10.2 Å². The number of carbonyl (C=O) groups is 1. The van der Waals surface area contributed by atoms with Gasteiger partial charge in [0.1, 0.15) is 0 Å². The van der Waals surface area contributed by atoms with Crippen molar-refractivity contribution in [2.24, 2.45) is 0 Å². The molecule has 4 nitrogen and oxygen atoms in total. The van der Waals surface area contributed by atoms with Crippen molar-refractivity contribution in [3.05, 3.63) is 35.9 Å². The zero-order chi connectivity index (χ0) is 14.4. The number of nitrogens with zero attached hydrogens (tertiary/aromatic N) is 2. The topological polar surface area (TPSA) is 35.6 Å². The highest BCUT2D eigenvalue weighted by molar-refractivity contribution is 5.74. The molecule has 1 saturated heterocycles. The Hall–Kier alpha value is -1.99. The van der Waals surface area contributed by atoms with Gasteiger partial charge in [0.15, 0.2) is 0 Å². The molecule has 20 heavy (non-hydrogen) atoms. The van der Waals surface area contributed by atoms with E-state index in [0.29, 0.717) is 0 Å². The molecule has 0 spiro atoms. The first kappa shape index (κ1) is 14.4. The van der Waals surface area contributed by atoms with Gasteiger partial charge in [-0.1, -0.05) is 36.3 Å². The lowest BCUT2D eigenvalue weighted by Crippen LogP contribution is -2.56. The highest BCUT2D eigenvalue weighted by Crippen LogP contribution is 2.13. The van der Waals surface area contributed by atoms with Crippen LogP contribution in [0.2, 0.25) is 0 Å². The van der Waals surface area contributed by atoms with Crippen molar-refractivity contribution in [1.29, 1.82) is 0 Å². The van der Waals surface area contributed by atoms with E-state index in [-0.39, 0.29) is 18.6 Å². The lowest BCUT2D eigenvalue weighted by Gasteiger charge is -2.39. The molecule has 0 bridgehead atoms. The summed E-state index contributed by atoms with van der Waals surface area (Å²) < 4.78 is 0. The molecule has 2 amide bonds. The Morgan fingerprint density at radius 1 is 1.40 bits per heavy atom. The molecule has 2 rings (SSSR count). The Balaban J connectivity index is 1.86. The summed E-state index contributed by atoms with van der Waals surface area (Å²) in [5.41, 5.74) is 1.31. The summed E-state index contributed by atoms with van der Waals surface area (Å²) in [6, 6.07) is 10.6. The Morgan fingerprint density at radius 2 is 2.15 bits per heavy atom. The maximum absolute atomic E-state index is 11.9. The molecule has 106 valence electrons. The third kappa shape index (κ3) is 3.75. The van der Waals surface area contributed by atoms with Crippen molar-refractivity contribution in [3.8, 4) is 12.3 Å². The van der Waals surface area contributed by atoms with Gasteiger partial charge in [-0.15, -0.1) is 6.42 Å². The van der Waals surface area contributed by atoms with Crippen LogP contribution in [0.4, 0.5) is 4.79 Å². The van der Waals surface area contributed by atoms with Crippen LogP contribution >= 0.6 is 0 Å². The van der Waals surface area contributed by atoms with Crippen molar-refractivity contribution in [2.75, 3.05) is 26.2 Å². The lowest BCUT2D eigenvalue weighted by atomic mass is 10.1. The monoisotopic (exact) mass is 271 g/mol. The SMILES string of the molecule is C#CCNC(=O)N1CCN(Cc2ccccc2)C[C@H]1C. The van der Waals surface area contributed by atoms with Crippen LogP contribution in [0.3, 0.4) is 0 Å². The molecule has 1 N–H and O–H groups in total. The maximum atomic E-state index is 11.9. The predicted molar refractivity (Wildman–Crippen MR) is 80.1 cm³/mol. The van der Waals surface area contributed by atoms with Gasteiger partial charge in [0, 0.05) is 32.2 Å². The van der Waals surface area contributed by atoms with Crippen LogP contribution < -0.4 is 5.32 Å². The van der Waals surface area contributed by atoms with E-state index in [9.17, 15) is 4.79 Å². The van der Waals surface area contributed by atoms with Crippen molar-refractivity contribution in [3.63, 3.8) is 0 Å². The largest absolute Gasteiger partial charge is 0.327 e. The third-order valence-electron chi connectivity index (χ3n) is 3.56. The third-order valence-corrected chi connectivity index (χ3v) is 3.56. The predicted octanol–water partition coefficient (Wildman–Crippen LogP) is 1.54. The van der Waals surface area contributed by atoms with E-state index in [0.717, 1.165) is 26.2 Å². The van der Waals surface area contributed by atoms with Crippen molar-refractivity contribution < 1.29 is 4.79 Å². The second kappa shape index (κ2) is 6.97. The van der Waals surface area contributed by atoms with Crippen LogP contribution in [-0.4, -0.2) is 48.1 Å². The van der Waals surface area contributed by atoms with E-state index in [1.54, 1.807) is 0 Å². The molecule has 4 heteroatoms. The average Bonchev–Trinajstić information content (AvgIpc) is 2.46. The number of piperazine rings is 1. The first-order valence-electron chi connectivity index (χ1n) is 6.95. The van der Waals surface area contributed by atoms with Crippen LogP contribution in [0.5, 0.6) is 0 Å². The number of nitrogens with one attached hydrogen (secondary N) is 1. The minimum Gasteiger partial charge on any atom is -0.327 e. The minimum absolute atomic E-state index is 0.0604. The van der Waals surface area contributed by atoms with Gasteiger partial charge in [-0.25, -0.2) is 4.79 Å². The molecule has 0 aliphatic carbocycles. The minimum atomic E-state index is -0.0604. The molecule has 0 radical (unpaired) electrons. The Kier molecular flexibility index (Phi) is 5.03. The molecule has 1 aromatic carbocycles. The van der Waals surface area contributed by atoms with Crippen LogP contribution in [-0.2, 0) is 6.54 Å². The first-order valence-corrected chi connectivity index (χ1v) is 6.95. The van der Waals surface area contributed by atoms with Gasteiger partial charge in [-0.3, -0.25) is 4.90 Å². The number of amides is 2. The van der Waals surface area contributed by atoms with Gasteiger partial charge in [0.05, 0.1) is 6.54 Å². The first-order chi connectivity index (χ1) is 9.70. The molecule has 1 aromatic rings. The fourth-order valence-corrected chi connectivity index (χ4v) is 2.55. The molecule has 1 heterocycles. The van der Waals surface area contributed by atoms with Crippen molar-refractivity contribution in [1.82, 2.24) is 15.1 Å². The quantitative estimate of drug-likeness (QED) is 0.846. The van der Waals surface area contributed by atoms with Gasteiger partial charge in [0.2, 0.25) is 0 Å². The fraction of sp³-hybridized carbons (Fsp3) is 0.438. The Labute approximate surface area is 120 Å². The summed E-state index contributed by atoms with van der Waals surface area (Å²) in [6.45, 7) is 5.82. The summed E-state index contributed by atoms with van der Waals surface area (Å²) in [5, 5.41) is 2.73. The van der Waals surface area contributed by atoms with Gasteiger partial charge in [-0.2, -0.15) is 0 Å². The molecular formula is C16H21N3O. The van der Waals surface area contributed by atoms with Crippen LogP contribution in [0.25, 0.3) is 0 Å². The van der Waals surface area contributed by atoms with Gasteiger partial charge in [0.25, 0.3) is 0 Å². The van der Waals surface area contributed by atoms with Crippen LogP contribution in [0.15, 0.2) is 30.3 Å². The molecule has 1 aliphatic rings. The van der Waals surface area contributed by atoms with Crippen LogP contribution in [0, 0.1) is 12.3 Å². The van der Waals surface area contributed by atoms with Gasteiger partial charge >= 0.3 is 6.03 Å². The number of rotatable bonds is 3. The number of hydrogen-bond acceptors (Lipinski definition) is 2. The average molecular weight is 271 g/mol. The lowest BCUT2D eigenvalue weighted by molar-refractivity contribution is 0.0981. The van der Waals surface area contributed by atoms with E-state index in [1.165, 1.54) is 5.56 Å². The van der Waals surface area contributed by atoms with Gasteiger partial charge in [-0.05, 0) is 12.5 Å². The molecular weight excluding hydrogens is 250 g/mol. The molecule has 1 atom stereocenters. The molecule has 0 aromatic heterocycles. The maximum Gasteiger partial charge on any atom is 0.318 e. The summed E-state index contributed by atoms with van der Waals surface area (Å²) in [5.74, 6) is 2.42. The molecule has 0 saturated carbocycles. The number of hydrogen-bond donors (Lipinski definition) is 1. The second-order valence-electron chi connectivity index (χ2n) is 5.13. The molecule has 0 unspecified atom stereocenters. The molecule has 1 fully saturated rings. The van der Waals surface area contributed by atoms with Crippen molar-refractivity contribution >= 4 is 6.03 Å². The number of terminal acetylenes is 1. The number of urea groups is 1. The fourth-order valence-electron chi connectivity index (χ4n) is 2.55. The van der Waals surface area contributed by atoms with E-state index in [1.807, 2.05) is 11.0 Å². The highest BCUT2D eigenvalue weighted by Gasteiger charge is 2.26. The molecule has 1 aliphatic heterocycles. The highest BCUT2D eigenvalue weighted by atomic mass is 16.2. The van der Waals surface area contributed by atoms with E-state index in [4.69, 9.17) is 6.42 Å². The number of carbonyl (C=O) groups excluding carboxylic acids is 1. The zero-order valence-corrected chi connectivity index (χ0v) is 11.9. The summed E-state index contributed by atoms with van der Waals surface area (Å²) in [7, 11) is 0. The standard InChI is InChI=1S/C16H21N3O/c1-3-9-17-16(20)19-11-10-18(12-14(19)2)13-15-7-5-4-6-8-15/h1,4-8,14H,9-13H2,2H3,(H,17,20)/t14-/m1/s1.